The fourth-order valence-corrected chi connectivity index (χ4v) is 0.913. The van der Waals surface area contributed by atoms with Crippen LogP contribution in [0.3, 0.4) is 0 Å². The van der Waals surface area contributed by atoms with E-state index in [1.54, 1.807) is 0 Å². The van der Waals surface area contributed by atoms with Gasteiger partial charge in [0.2, 0.25) is 0 Å². The third-order valence-electron chi connectivity index (χ3n) is 1.74. The molecular formula is C8H9F6NO3. The van der Waals surface area contributed by atoms with Gasteiger partial charge in [0.25, 0.3) is 0 Å². The Balaban J connectivity index is 4.27. The van der Waals surface area contributed by atoms with Crippen molar-refractivity contribution in [1.29, 1.82) is 0 Å². The van der Waals surface area contributed by atoms with Gasteiger partial charge in [0.05, 0.1) is 6.54 Å². The zero-order valence-corrected chi connectivity index (χ0v) is 9.06. The van der Waals surface area contributed by atoms with Crippen LogP contribution in [-0.2, 0) is 14.3 Å². The van der Waals surface area contributed by atoms with Crippen LogP contribution in [0.1, 0.15) is 6.92 Å². The predicted molar refractivity (Wildman–Crippen MR) is 45.3 cm³/mol. The molecule has 4 nitrogen and oxygen atoms in total. The Labute approximate surface area is 97.5 Å². The summed E-state index contributed by atoms with van der Waals surface area (Å²) >= 11 is 0. The van der Waals surface area contributed by atoms with Crippen molar-refractivity contribution in [2.24, 2.45) is 0 Å². The van der Waals surface area contributed by atoms with Crippen LogP contribution in [-0.4, -0.2) is 48.8 Å². The molecule has 0 heterocycles. The van der Waals surface area contributed by atoms with Gasteiger partial charge in [0.15, 0.2) is 0 Å². The molecule has 0 N–H and O–H groups in total. The third kappa shape index (κ3) is 5.23. The van der Waals surface area contributed by atoms with Crippen LogP contribution in [0.25, 0.3) is 0 Å². The molecule has 0 spiro atoms. The van der Waals surface area contributed by atoms with Gasteiger partial charge in [-0.1, -0.05) is 0 Å². The monoisotopic (exact) mass is 281 g/mol. The van der Waals surface area contributed by atoms with Gasteiger partial charge in [-0.25, -0.2) is 4.79 Å². The summed E-state index contributed by atoms with van der Waals surface area (Å²) in [5, 5.41) is 0. The summed E-state index contributed by atoms with van der Waals surface area (Å²) in [4.78, 5) is 21.2. The Morgan fingerprint density at radius 3 is 1.89 bits per heavy atom. The highest BCUT2D eigenvalue weighted by Crippen LogP contribution is 2.19. The van der Waals surface area contributed by atoms with Crippen molar-refractivity contribution in [3.05, 3.63) is 0 Å². The van der Waals surface area contributed by atoms with E-state index in [4.69, 9.17) is 0 Å². The quantitative estimate of drug-likeness (QED) is 0.579. The van der Waals surface area contributed by atoms with Crippen molar-refractivity contribution in [3.8, 4) is 0 Å². The number of rotatable bonds is 4. The van der Waals surface area contributed by atoms with Crippen LogP contribution in [0.5, 0.6) is 0 Å². The molecule has 0 atom stereocenters. The fourth-order valence-electron chi connectivity index (χ4n) is 0.913. The highest BCUT2D eigenvalue weighted by molar-refractivity contribution is 5.81. The summed E-state index contributed by atoms with van der Waals surface area (Å²) in [6, 6.07) is 0. The lowest BCUT2D eigenvalue weighted by Crippen LogP contribution is -2.43. The van der Waals surface area contributed by atoms with Gasteiger partial charge in [-0.2, -0.15) is 26.3 Å². The Morgan fingerprint density at radius 1 is 1.06 bits per heavy atom. The van der Waals surface area contributed by atoms with E-state index in [-0.39, 0.29) is 11.4 Å². The Morgan fingerprint density at radius 2 is 1.56 bits per heavy atom. The minimum atomic E-state index is -5.22. The van der Waals surface area contributed by atoms with E-state index < -0.39 is 37.4 Å². The first-order chi connectivity index (χ1) is 8.00. The molecule has 10 heteroatoms. The van der Waals surface area contributed by atoms with Crippen molar-refractivity contribution < 1.29 is 40.7 Å². The summed E-state index contributed by atoms with van der Waals surface area (Å²) < 4.78 is 74.6. The van der Waals surface area contributed by atoms with E-state index in [1.807, 2.05) is 0 Å². The van der Waals surface area contributed by atoms with E-state index >= 15 is 0 Å². The molecular weight excluding hydrogens is 272 g/mol. The number of nitrogens with zero attached hydrogens (tertiary/aromatic N) is 1. The molecule has 0 saturated heterocycles. The summed E-state index contributed by atoms with van der Waals surface area (Å²) in [6.45, 7) is -0.901. The van der Waals surface area contributed by atoms with E-state index in [1.165, 1.54) is 6.92 Å². The van der Waals surface area contributed by atoms with Gasteiger partial charge in [0.1, 0.15) is 6.61 Å². The van der Waals surface area contributed by atoms with Crippen molar-refractivity contribution in [2.45, 2.75) is 19.3 Å². The number of alkyl halides is 6. The Hall–Kier alpha value is -1.48. The molecule has 0 unspecified atom stereocenters. The van der Waals surface area contributed by atoms with Crippen molar-refractivity contribution >= 4 is 11.9 Å². The van der Waals surface area contributed by atoms with Crippen molar-refractivity contribution in [2.75, 3.05) is 19.7 Å². The Bertz CT molecular complexity index is 311. The van der Waals surface area contributed by atoms with Crippen molar-refractivity contribution in [1.82, 2.24) is 4.90 Å². The van der Waals surface area contributed by atoms with Gasteiger partial charge in [-0.3, -0.25) is 4.79 Å². The van der Waals surface area contributed by atoms with E-state index in [9.17, 15) is 35.9 Å². The maximum Gasteiger partial charge on any atom is 0.490 e. The molecule has 1 amide bonds. The minimum Gasteiger partial charge on any atom is -0.457 e. The highest BCUT2D eigenvalue weighted by atomic mass is 19.4. The highest BCUT2D eigenvalue weighted by Gasteiger charge is 2.43. The second-order valence-corrected chi connectivity index (χ2v) is 3.02. The predicted octanol–water partition coefficient (Wildman–Crippen LogP) is 1.50. The number of likely N-dealkylation sites (N-methyl/N-ethyl adjacent to an activating group) is 1. The molecule has 0 fully saturated rings. The number of hydrogen-bond acceptors (Lipinski definition) is 3. The molecule has 0 radical (unpaired) electrons. The summed E-state index contributed by atoms with van der Waals surface area (Å²) in [5.74, 6) is -4.72. The largest absolute Gasteiger partial charge is 0.490 e. The topological polar surface area (TPSA) is 46.6 Å². The molecule has 0 aliphatic carbocycles. The van der Waals surface area contributed by atoms with Crippen LogP contribution in [0.2, 0.25) is 0 Å². The molecule has 0 aliphatic heterocycles. The van der Waals surface area contributed by atoms with Crippen LogP contribution in [0, 0.1) is 0 Å². The molecule has 0 saturated carbocycles. The first-order valence-corrected chi connectivity index (χ1v) is 4.60. The van der Waals surface area contributed by atoms with E-state index in [2.05, 4.69) is 4.74 Å². The van der Waals surface area contributed by atoms with Gasteiger partial charge in [-0.05, 0) is 6.92 Å². The van der Waals surface area contributed by atoms with Gasteiger partial charge in [0, 0.05) is 6.54 Å². The zero-order chi connectivity index (χ0) is 14.6. The number of amides is 1. The zero-order valence-electron chi connectivity index (χ0n) is 9.06. The lowest BCUT2D eigenvalue weighted by atomic mass is 10.4. The average Bonchev–Trinajstić information content (AvgIpc) is 2.20. The molecule has 0 aromatic heterocycles. The number of carbonyl (C=O) groups is 2. The number of halogens is 6. The van der Waals surface area contributed by atoms with Gasteiger partial charge >= 0.3 is 24.2 Å². The number of ether oxygens (including phenoxy) is 1. The summed E-state index contributed by atoms with van der Waals surface area (Å²) in [5.41, 5.74) is 0. The fraction of sp³-hybridized carbons (Fsp3) is 0.750. The lowest BCUT2D eigenvalue weighted by Gasteiger charge is -2.21. The van der Waals surface area contributed by atoms with Crippen molar-refractivity contribution in [3.63, 3.8) is 0 Å². The minimum absolute atomic E-state index is 0.226. The number of carbonyl (C=O) groups excluding carboxylic acids is 2. The van der Waals surface area contributed by atoms with Gasteiger partial charge in [-0.15, -0.1) is 0 Å². The van der Waals surface area contributed by atoms with Crippen LogP contribution < -0.4 is 0 Å². The molecule has 0 aromatic carbocycles. The smallest absolute Gasteiger partial charge is 0.457 e. The SMILES string of the molecule is CCN(CCOC(=O)C(F)(F)F)C(=O)C(F)(F)F. The number of hydrogen-bond donors (Lipinski definition) is 0. The molecule has 106 valence electrons. The lowest BCUT2D eigenvalue weighted by molar-refractivity contribution is -0.201. The normalized spacial score (nSPS) is 12.2. The maximum atomic E-state index is 12.0. The Kier molecular flexibility index (Phi) is 5.43. The number of esters is 1. The summed E-state index contributed by atoms with van der Waals surface area (Å²) in [7, 11) is 0. The van der Waals surface area contributed by atoms with E-state index in [0.29, 0.717) is 0 Å². The average molecular weight is 281 g/mol. The van der Waals surface area contributed by atoms with Crippen LogP contribution in [0.4, 0.5) is 26.3 Å². The first kappa shape index (κ1) is 16.5. The maximum absolute atomic E-state index is 12.0. The first-order valence-electron chi connectivity index (χ1n) is 4.60. The van der Waals surface area contributed by atoms with E-state index in [0.717, 1.165) is 0 Å². The summed E-state index contributed by atoms with van der Waals surface area (Å²) in [6.07, 6.45) is -10.3. The standard InChI is InChI=1S/C8H9F6NO3/c1-2-15(5(16)7(9,10)11)3-4-18-6(17)8(12,13)14/h2-4H2,1H3. The molecule has 0 aromatic rings. The molecule has 0 aliphatic rings. The second-order valence-electron chi connectivity index (χ2n) is 3.02. The van der Waals surface area contributed by atoms with Gasteiger partial charge < -0.3 is 9.64 Å². The second kappa shape index (κ2) is 5.91. The molecule has 0 rings (SSSR count). The third-order valence-corrected chi connectivity index (χ3v) is 1.74. The molecule has 0 bridgehead atoms. The van der Waals surface area contributed by atoms with Crippen LogP contribution >= 0.6 is 0 Å². The molecule has 18 heavy (non-hydrogen) atoms. The van der Waals surface area contributed by atoms with Crippen LogP contribution in [0.15, 0.2) is 0 Å².